The van der Waals surface area contributed by atoms with Gasteiger partial charge in [0, 0.05) is 17.5 Å². The molecule has 96 valence electrons. The number of rotatable bonds is 2. The average Bonchev–Trinajstić information content (AvgIpc) is 2.43. The molecule has 0 unspecified atom stereocenters. The third-order valence-electron chi connectivity index (χ3n) is 3.50. The predicted molar refractivity (Wildman–Crippen MR) is 69.5 cm³/mol. The average molecular weight is 292 g/mol. The Hall–Kier alpha value is -0.654. The van der Waals surface area contributed by atoms with Gasteiger partial charge in [-0.1, -0.05) is 31.2 Å². The molecule has 0 aromatic heterocycles. The van der Waals surface area contributed by atoms with Gasteiger partial charge in [0.05, 0.1) is 5.97 Å². The third-order valence-corrected chi connectivity index (χ3v) is 3.50. The smallest absolute Gasteiger partial charge is 0.545 e. The molecule has 0 amide bonds. The van der Waals surface area contributed by atoms with E-state index < -0.39 is 5.97 Å². The van der Waals surface area contributed by atoms with Gasteiger partial charge >= 0.3 is 51.4 Å². The summed E-state index contributed by atoms with van der Waals surface area (Å²) in [5, 5.41) is 11.4. The van der Waals surface area contributed by atoms with Crippen LogP contribution < -0.4 is 61.2 Å². The van der Waals surface area contributed by atoms with E-state index in [1.54, 1.807) is 6.07 Å². The van der Waals surface area contributed by atoms with E-state index in [9.17, 15) is 9.90 Å². The minimum Gasteiger partial charge on any atom is -0.545 e. The molecule has 0 N–H and O–H groups in total. The van der Waals surface area contributed by atoms with Crippen molar-refractivity contribution in [3.63, 3.8) is 0 Å². The molecule has 4 heteroatoms. The molecule has 2 aromatic rings. The Bertz CT molecular complexity index is 665. The molecule has 0 radical (unpaired) electrons. The van der Waals surface area contributed by atoms with E-state index in [-0.39, 0.29) is 56.9 Å². The zero-order valence-corrected chi connectivity index (χ0v) is 14.7. The van der Waals surface area contributed by atoms with E-state index in [4.69, 9.17) is 4.74 Å². The molecule has 0 atom stereocenters. The SMILES string of the molecule is CCc1ccc2c(c1C(=O)[O-])Cc1ccccc1O2.[K+]. The monoisotopic (exact) mass is 292 g/mol. The van der Waals surface area contributed by atoms with Crippen LogP contribution in [0.15, 0.2) is 36.4 Å². The van der Waals surface area contributed by atoms with E-state index in [1.165, 1.54) is 0 Å². The number of carbonyl (C=O) groups is 1. The molecule has 0 saturated carbocycles. The summed E-state index contributed by atoms with van der Waals surface area (Å²) >= 11 is 0. The topological polar surface area (TPSA) is 49.4 Å². The zero-order valence-electron chi connectivity index (χ0n) is 11.6. The Morgan fingerprint density at radius 1 is 1.20 bits per heavy atom. The van der Waals surface area contributed by atoms with Crippen LogP contribution in [0, 0.1) is 0 Å². The summed E-state index contributed by atoms with van der Waals surface area (Å²) in [7, 11) is 0. The van der Waals surface area contributed by atoms with Crippen molar-refractivity contribution >= 4 is 5.97 Å². The van der Waals surface area contributed by atoms with Crippen LogP contribution in [0.4, 0.5) is 0 Å². The van der Waals surface area contributed by atoms with E-state index >= 15 is 0 Å². The van der Waals surface area contributed by atoms with Crippen molar-refractivity contribution in [2.24, 2.45) is 0 Å². The molecule has 1 aliphatic rings. The van der Waals surface area contributed by atoms with Gasteiger partial charge in [0.25, 0.3) is 0 Å². The molecule has 3 rings (SSSR count). The normalized spacial score (nSPS) is 11.7. The van der Waals surface area contributed by atoms with Gasteiger partial charge in [-0.3, -0.25) is 0 Å². The second kappa shape index (κ2) is 6.41. The second-order valence-corrected chi connectivity index (χ2v) is 4.60. The molecule has 0 bridgehead atoms. The fraction of sp³-hybridized carbons (Fsp3) is 0.188. The Morgan fingerprint density at radius 2 is 1.95 bits per heavy atom. The number of carboxylic acids is 1. The van der Waals surface area contributed by atoms with Gasteiger partial charge in [0.2, 0.25) is 0 Å². The first-order chi connectivity index (χ1) is 9.20. The summed E-state index contributed by atoms with van der Waals surface area (Å²) in [4.78, 5) is 11.4. The number of hydrogen-bond acceptors (Lipinski definition) is 3. The molecule has 1 aliphatic heterocycles. The maximum Gasteiger partial charge on any atom is 1.00 e. The van der Waals surface area contributed by atoms with Crippen molar-refractivity contribution in [3.05, 3.63) is 58.7 Å². The first kappa shape index (κ1) is 15.7. The van der Waals surface area contributed by atoms with Crippen LogP contribution >= 0.6 is 0 Å². The van der Waals surface area contributed by atoms with E-state index in [1.807, 2.05) is 37.3 Å². The van der Waals surface area contributed by atoms with Gasteiger partial charge in [-0.2, -0.15) is 0 Å². The van der Waals surface area contributed by atoms with Crippen molar-refractivity contribution in [2.45, 2.75) is 19.8 Å². The Kier molecular flexibility index (Phi) is 5.04. The van der Waals surface area contributed by atoms with Gasteiger partial charge in [-0.25, -0.2) is 0 Å². The van der Waals surface area contributed by atoms with Crippen LogP contribution in [0.3, 0.4) is 0 Å². The maximum absolute atomic E-state index is 11.4. The van der Waals surface area contributed by atoms with E-state index in [0.29, 0.717) is 18.6 Å². The van der Waals surface area contributed by atoms with Crippen LogP contribution in [-0.2, 0) is 12.8 Å². The predicted octanol–water partition coefficient (Wildman–Crippen LogP) is -0.687. The van der Waals surface area contributed by atoms with Crippen molar-refractivity contribution in [2.75, 3.05) is 0 Å². The summed E-state index contributed by atoms with van der Waals surface area (Å²) in [6, 6.07) is 11.3. The Morgan fingerprint density at radius 3 is 2.65 bits per heavy atom. The standard InChI is InChI=1S/C16H14O3.K/c1-2-10-7-8-14-12(15(10)16(17)18)9-11-5-3-4-6-13(11)19-14;/h3-8H,2,9H2,1H3,(H,17,18);/q;+1/p-1. The number of benzene rings is 2. The number of carbonyl (C=O) groups excluding carboxylic acids is 1. The number of ether oxygens (including phenoxy) is 1. The molecule has 0 saturated heterocycles. The fourth-order valence-corrected chi connectivity index (χ4v) is 2.56. The number of fused-ring (bicyclic) bond motifs is 2. The molecule has 0 spiro atoms. The van der Waals surface area contributed by atoms with Crippen molar-refractivity contribution in [1.82, 2.24) is 0 Å². The molecule has 1 heterocycles. The van der Waals surface area contributed by atoms with Gasteiger partial charge in [-0.05, 0) is 29.7 Å². The zero-order chi connectivity index (χ0) is 13.4. The number of aromatic carboxylic acids is 1. The molecule has 2 aromatic carbocycles. The van der Waals surface area contributed by atoms with Gasteiger partial charge in [-0.15, -0.1) is 0 Å². The largest absolute Gasteiger partial charge is 1.00 e. The molecule has 0 aliphatic carbocycles. The minimum absolute atomic E-state index is 0. The Labute approximate surface area is 160 Å². The summed E-state index contributed by atoms with van der Waals surface area (Å²) < 4.78 is 5.78. The first-order valence-corrected chi connectivity index (χ1v) is 6.32. The Balaban J connectivity index is 0.00000147. The van der Waals surface area contributed by atoms with Gasteiger partial charge < -0.3 is 14.6 Å². The fourth-order valence-electron chi connectivity index (χ4n) is 2.56. The summed E-state index contributed by atoms with van der Waals surface area (Å²) in [5.41, 5.74) is 2.81. The van der Waals surface area contributed by atoms with Crippen LogP contribution in [0.2, 0.25) is 0 Å². The van der Waals surface area contributed by atoms with Crippen molar-refractivity contribution < 1.29 is 66.0 Å². The van der Waals surface area contributed by atoms with Crippen molar-refractivity contribution in [3.8, 4) is 11.5 Å². The molecular formula is C16H13KO3. The van der Waals surface area contributed by atoms with Crippen LogP contribution in [0.5, 0.6) is 11.5 Å². The molecule has 0 fully saturated rings. The van der Waals surface area contributed by atoms with Crippen LogP contribution in [0.25, 0.3) is 0 Å². The molecular weight excluding hydrogens is 279 g/mol. The second-order valence-electron chi connectivity index (χ2n) is 4.60. The van der Waals surface area contributed by atoms with Crippen LogP contribution in [-0.4, -0.2) is 5.97 Å². The number of carboxylic acid groups (broad SMARTS) is 1. The number of para-hydroxylation sites is 1. The van der Waals surface area contributed by atoms with E-state index in [0.717, 1.165) is 22.4 Å². The molecule has 3 nitrogen and oxygen atoms in total. The molecule has 20 heavy (non-hydrogen) atoms. The van der Waals surface area contributed by atoms with Crippen LogP contribution in [0.1, 0.15) is 34.0 Å². The number of hydrogen-bond donors (Lipinski definition) is 0. The maximum atomic E-state index is 11.4. The van der Waals surface area contributed by atoms with E-state index in [2.05, 4.69) is 0 Å². The summed E-state index contributed by atoms with van der Waals surface area (Å²) in [5.74, 6) is 0.287. The third kappa shape index (κ3) is 2.71. The van der Waals surface area contributed by atoms with Gasteiger partial charge in [0.15, 0.2) is 0 Å². The number of aryl methyl sites for hydroxylation is 1. The van der Waals surface area contributed by atoms with Crippen molar-refractivity contribution in [1.29, 1.82) is 0 Å². The summed E-state index contributed by atoms with van der Waals surface area (Å²) in [6.07, 6.45) is 1.24. The first-order valence-electron chi connectivity index (χ1n) is 6.32. The van der Waals surface area contributed by atoms with Gasteiger partial charge in [0.1, 0.15) is 11.5 Å². The quantitative estimate of drug-likeness (QED) is 0.588. The minimum atomic E-state index is -1.13. The summed E-state index contributed by atoms with van der Waals surface area (Å²) in [6.45, 7) is 1.94.